The summed E-state index contributed by atoms with van der Waals surface area (Å²) in [6.45, 7) is 14.9. The van der Waals surface area contributed by atoms with Gasteiger partial charge >= 0.3 is 11.9 Å². The molecule has 12 nitrogen and oxygen atoms in total. The topological polar surface area (TPSA) is 141 Å². The Kier molecular flexibility index (Phi) is 13.9. The van der Waals surface area contributed by atoms with E-state index in [1.54, 1.807) is 0 Å². The molecule has 0 radical (unpaired) electrons. The van der Waals surface area contributed by atoms with Gasteiger partial charge in [-0.05, 0) is 181 Å². The van der Waals surface area contributed by atoms with Crippen LogP contribution in [-0.4, -0.2) is 72.4 Å². The molecule has 6 aromatic rings. The number of nitrogens with zero attached hydrogens (tertiary/aromatic N) is 2. The number of ether oxygens (including phenoxy) is 5. The van der Waals surface area contributed by atoms with Gasteiger partial charge in [0.2, 0.25) is 13.6 Å². The van der Waals surface area contributed by atoms with E-state index in [9.17, 15) is 24.3 Å². The third-order valence-corrected chi connectivity index (χ3v) is 14.6. The van der Waals surface area contributed by atoms with Crippen molar-refractivity contribution < 1.29 is 48.0 Å². The molecule has 10 rings (SSSR count). The standard InChI is InChI=1S/C30H31NO5.C29H29NO5/c1-18-5-6-23(11-19(18)2)30(33)31-10-9-21-7-8-22(13-24(21)16-31)26(15-29(32)34-4)25-14-28-27(12-20(25)3)35-17-36-28;1-17-4-5-22(10-18(17)2)29(33)30-9-8-20-6-7-21(12-23(20)15-30)25(14-28(31)32)24-13-27-26(11-19(24)3)34-16-35-27/h5-8,11-14,26H,9-10,15-17H2,1-4H3;4-7,10-13,25H,8-9,14-16H2,1-3H3,(H,31,32). The van der Waals surface area contributed by atoms with Crippen LogP contribution < -0.4 is 18.9 Å². The highest BCUT2D eigenvalue weighted by Crippen LogP contribution is 2.42. The largest absolute Gasteiger partial charge is 0.481 e. The van der Waals surface area contributed by atoms with E-state index in [2.05, 4.69) is 37.3 Å². The number of benzene rings is 6. The maximum atomic E-state index is 13.3. The molecule has 6 aromatic carbocycles. The zero-order valence-corrected chi connectivity index (χ0v) is 41.5. The van der Waals surface area contributed by atoms with Crippen molar-refractivity contribution in [1.82, 2.24) is 9.80 Å². The third kappa shape index (κ3) is 10.3. The third-order valence-electron chi connectivity index (χ3n) is 14.6. The lowest BCUT2D eigenvalue weighted by Crippen LogP contribution is -2.36. The van der Waals surface area contributed by atoms with Gasteiger partial charge in [0.1, 0.15) is 0 Å². The first kappa shape index (κ1) is 48.4. The zero-order valence-electron chi connectivity index (χ0n) is 41.5. The lowest BCUT2D eigenvalue weighted by molar-refractivity contribution is -0.141. The van der Waals surface area contributed by atoms with Crippen LogP contribution in [0, 0.1) is 41.5 Å². The van der Waals surface area contributed by atoms with Gasteiger partial charge in [0.05, 0.1) is 20.0 Å². The summed E-state index contributed by atoms with van der Waals surface area (Å²) in [4.78, 5) is 54.6. The van der Waals surface area contributed by atoms with E-state index in [-0.39, 0.29) is 56.0 Å². The molecule has 0 fully saturated rings. The fraction of sp³-hybridized carbons (Fsp3) is 0.322. The Morgan fingerprint density at radius 3 is 1.34 bits per heavy atom. The number of aliphatic carboxylic acids is 1. The van der Waals surface area contributed by atoms with Crippen molar-refractivity contribution in [2.45, 2.75) is 92.2 Å². The Morgan fingerprint density at radius 1 is 0.507 bits per heavy atom. The van der Waals surface area contributed by atoms with Crippen LogP contribution in [0.1, 0.15) is 123 Å². The van der Waals surface area contributed by atoms with Gasteiger partial charge in [0.25, 0.3) is 11.8 Å². The van der Waals surface area contributed by atoms with E-state index in [0.29, 0.717) is 49.0 Å². The molecule has 0 saturated carbocycles. The van der Waals surface area contributed by atoms with Crippen LogP contribution >= 0.6 is 0 Å². The second-order valence-corrected chi connectivity index (χ2v) is 19.2. The first-order chi connectivity index (χ1) is 34.1. The maximum absolute atomic E-state index is 13.3. The van der Waals surface area contributed by atoms with E-state index in [1.165, 1.54) is 29.4 Å². The van der Waals surface area contributed by atoms with Gasteiger partial charge in [-0.2, -0.15) is 0 Å². The molecule has 1 N–H and O–H groups in total. The molecule has 0 aromatic heterocycles. The molecular formula is C59H60N2O10. The Morgan fingerprint density at radius 2 is 0.930 bits per heavy atom. The van der Waals surface area contributed by atoms with Crippen LogP contribution in [0.2, 0.25) is 0 Å². The van der Waals surface area contributed by atoms with Gasteiger partial charge in [0, 0.05) is 49.1 Å². The Labute approximate surface area is 415 Å². The molecule has 4 aliphatic rings. The minimum atomic E-state index is -0.865. The van der Waals surface area contributed by atoms with Gasteiger partial charge in [-0.15, -0.1) is 0 Å². The van der Waals surface area contributed by atoms with E-state index in [4.69, 9.17) is 23.7 Å². The Hall–Kier alpha value is -7.60. The van der Waals surface area contributed by atoms with Crippen LogP contribution in [0.5, 0.6) is 23.0 Å². The summed E-state index contributed by atoms with van der Waals surface area (Å²) in [5.41, 5.74) is 16.5. The minimum absolute atomic E-state index is 0.0258. The first-order valence-corrected chi connectivity index (χ1v) is 24.2. The van der Waals surface area contributed by atoms with Crippen LogP contribution in [0.25, 0.3) is 0 Å². The molecule has 12 heteroatoms. The van der Waals surface area contributed by atoms with Crippen LogP contribution in [0.4, 0.5) is 0 Å². The molecule has 4 aliphatic heterocycles. The Balaban J connectivity index is 0.000000176. The van der Waals surface area contributed by atoms with E-state index in [0.717, 1.165) is 79.8 Å². The SMILES string of the molecule is COC(=O)CC(c1ccc2c(c1)CN(C(=O)c1ccc(C)c(C)c1)CC2)c1cc2c(cc1C)OCO2.Cc1ccc(C(=O)N2CCc3ccc(C(CC(=O)O)c4cc5c(cc4C)OCO5)cc3C2)cc1C. The molecule has 0 saturated heterocycles. The maximum Gasteiger partial charge on any atom is 0.306 e. The van der Waals surface area contributed by atoms with Crippen LogP contribution in [0.15, 0.2) is 97.1 Å². The fourth-order valence-electron chi connectivity index (χ4n) is 10.2. The van der Waals surface area contributed by atoms with E-state index >= 15 is 0 Å². The summed E-state index contributed by atoms with van der Waals surface area (Å²) in [6.07, 6.45) is 1.75. The van der Waals surface area contributed by atoms with E-state index < -0.39 is 5.97 Å². The smallest absolute Gasteiger partial charge is 0.306 e. The second kappa shape index (κ2) is 20.4. The van der Waals surface area contributed by atoms with Crippen molar-refractivity contribution in [3.8, 4) is 23.0 Å². The number of rotatable bonds is 10. The summed E-state index contributed by atoms with van der Waals surface area (Å²) < 4.78 is 27.2. The average Bonchev–Trinajstić information content (AvgIpc) is 4.04. The number of carbonyl (C=O) groups excluding carboxylic acids is 3. The second-order valence-electron chi connectivity index (χ2n) is 19.2. The number of aryl methyl sites for hydroxylation is 6. The lowest BCUT2D eigenvalue weighted by atomic mass is 9.83. The normalized spacial score (nSPS) is 14.9. The number of methoxy groups -OCH3 is 1. The summed E-state index contributed by atoms with van der Waals surface area (Å²) in [7, 11) is 1.41. The first-order valence-electron chi connectivity index (χ1n) is 24.2. The highest BCUT2D eigenvalue weighted by Gasteiger charge is 2.30. The van der Waals surface area contributed by atoms with Gasteiger partial charge in [-0.3, -0.25) is 19.2 Å². The Bertz CT molecular complexity index is 3090. The molecule has 0 spiro atoms. The van der Waals surface area contributed by atoms with Crippen LogP contribution in [0.3, 0.4) is 0 Å². The number of carbonyl (C=O) groups is 4. The number of carboxylic acids is 1. The lowest BCUT2D eigenvalue weighted by Gasteiger charge is -2.30. The quantitative estimate of drug-likeness (QED) is 0.132. The summed E-state index contributed by atoms with van der Waals surface area (Å²) in [6, 6.07) is 32.0. The predicted octanol–water partition coefficient (Wildman–Crippen LogP) is 10.4. The summed E-state index contributed by atoms with van der Waals surface area (Å²) >= 11 is 0. The van der Waals surface area contributed by atoms with Crippen molar-refractivity contribution >= 4 is 23.8 Å². The molecule has 2 unspecified atom stereocenters. The number of hydrogen-bond acceptors (Lipinski definition) is 9. The van der Waals surface area contributed by atoms with Crippen LogP contribution in [-0.2, 0) is 40.3 Å². The highest BCUT2D eigenvalue weighted by molar-refractivity contribution is 5.95. The summed E-state index contributed by atoms with van der Waals surface area (Å²) in [5, 5.41) is 9.70. The van der Waals surface area contributed by atoms with Crippen molar-refractivity contribution in [3.63, 3.8) is 0 Å². The minimum Gasteiger partial charge on any atom is -0.481 e. The molecule has 2 amide bonds. The molecule has 2 atom stereocenters. The molecule has 0 aliphatic carbocycles. The average molecular weight is 957 g/mol. The van der Waals surface area contributed by atoms with Crippen molar-refractivity contribution in [1.29, 1.82) is 0 Å². The molecule has 4 heterocycles. The molecule has 0 bridgehead atoms. The molecular weight excluding hydrogens is 897 g/mol. The monoisotopic (exact) mass is 956 g/mol. The zero-order chi connectivity index (χ0) is 50.1. The van der Waals surface area contributed by atoms with Crippen molar-refractivity contribution in [2.24, 2.45) is 0 Å². The summed E-state index contributed by atoms with van der Waals surface area (Å²) in [5.74, 6) is 1.13. The van der Waals surface area contributed by atoms with Gasteiger partial charge in [-0.25, -0.2) is 0 Å². The predicted molar refractivity (Wildman–Crippen MR) is 269 cm³/mol. The van der Waals surface area contributed by atoms with E-state index in [1.807, 2.05) is 111 Å². The van der Waals surface area contributed by atoms with Crippen molar-refractivity contribution in [2.75, 3.05) is 33.8 Å². The van der Waals surface area contributed by atoms with Gasteiger partial charge in [-0.1, -0.05) is 48.5 Å². The van der Waals surface area contributed by atoms with Gasteiger partial charge < -0.3 is 38.6 Å². The molecule has 71 heavy (non-hydrogen) atoms. The molecule has 366 valence electrons. The number of fused-ring (bicyclic) bond motifs is 4. The number of esters is 1. The number of hydrogen-bond donors (Lipinski definition) is 1. The van der Waals surface area contributed by atoms with Crippen molar-refractivity contribution in [3.05, 3.63) is 186 Å². The highest BCUT2D eigenvalue weighted by atomic mass is 16.7. The number of amides is 2. The number of carboxylic acid groups (broad SMARTS) is 1. The van der Waals surface area contributed by atoms with Gasteiger partial charge in [0.15, 0.2) is 23.0 Å². The fourth-order valence-corrected chi connectivity index (χ4v) is 10.2.